The Hall–Kier alpha value is -2.68. The molecular weight excluding hydrogens is 318 g/mol. The Kier molecular flexibility index (Phi) is 6.66. The molecule has 0 radical (unpaired) electrons. The number of anilines is 1. The fourth-order valence-corrected chi connectivity index (χ4v) is 1.82. The molecule has 0 spiro atoms. The van der Waals surface area contributed by atoms with Crippen LogP contribution in [0.1, 0.15) is 31.1 Å². The molecule has 0 aliphatic heterocycles. The number of nitrogens with one attached hydrogen (secondary N) is 2. The van der Waals surface area contributed by atoms with Crippen LogP contribution >= 0.6 is 0 Å². The molecule has 0 aromatic heterocycles. The zero-order valence-corrected chi connectivity index (χ0v) is 13.8. The van der Waals surface area contributed by atoms with E-state index in [1.807, 2.05) is 0 Å². The quantitative estimate of drug-likeness (QED) is 0.385. The number of rotatable bonds is 7. The van der Waals surface area contributed by atoms with Crippen molar-refractivity contribution in [1.29, 1.82) is 0 Å². The summed E-state index contributed by atoms with van der Waals surface area (Å²) >= 11 is 0. The molecule has 0 saturated heterocycles. The molecule has 0 aliphatic carbocycles. The third-order valence-corrected chi connectivity index (χ3v) is 2.71. The van der Waals surface area contributed by atoms with Gasteiger partial charge in [0.15, 0.2) is 6.61 Å². The molecule has 0 heterocycles. The van der Waals surface area contributed by atoms with Crippen LogP contribution < -0.4 is 10.6 Å². The molecule has 0 fully saturated rings. The van der Waals surface area contributed by atoms with Crippen molar-refractivity contribution in [3.63, 3.8) is 0 Å². The van der Waals surface area contributed by atoms with E-state index < -0.39 is 28.9 Å². The lowest BCUT2D eigenvalue weighted by Crippen LogP contribution is -2.42. The fraction of sp³-hybridized carbons (Fsp3) is 0.467. The number of carbonyl (C=O) groups is 2. The van der Waals surface area contributed by atoms with E-state index in [1.165, 1.54) is 12.1 Å². The number of ether oxygens (including phenoxy) is 1. The van der Waals surface area contributed by atoms with Gasteiger partial charge < -0.3 is 20.5 Å². The zero-order valence-electron chi connectivity index (χ0n) is 13.8. The summed E-state index contributed by atoms with van der Waals surface area (Å²) in [6.07, 6.45) is 0. The van der Waals surface area contributed by atoms with E-state index in [-0.39, 0.29) is 30.1 Å². The smallest absolute Gasteiger partial charge is 0.341 e. The second kappa shape index (κ2) is 8.25. The van der Waals surface area contributed by atoms with E-state index >= 15 is 0 Å². The van der Waals surface area contributed by atoms with Crippen LogP contribution in [0.2, 0.25) is 0 Å². The fourth-order valence-electron chi connectivity index (χ4n) is 1.82. The van der Waals surface area contributed by atoms with Crippen molar-refractivity contribution in [2.24, 2.45) is 0 Å². The lowest BCUT2D eigenvalue weighted by molar-refractivity contribution is -0.384. The molecule has 3 N–H and O–H groups in total. The SMILES string of the molecule is CC(C)(C)NC(=O)COC(=O)c1cc([N+](=O)[O-])ccc1NCCO. The van der Waals surface area contributed by atoms with E-state index in [0.717, 1.165) is 6.07 Å². The largest absolute Gasteiger partial charge is 0.452 e. The minimum absolute atomic E-state index is 0.0822. The second-order valence-corrected chi connectivity index (χ2v) is 6.01. The van der Waals surface area contributed by atoms with Gasteiger partial charge in [-0.05, 0) is 26.8 Å². The van der Waals surface area contributed by atoms with Gasteiger partial charge in [-0.1, -0.05) is 0 Å². The first-order valence-electron chi connectivity index (χ1n) is 7.25. The molecule has 1 aromatic carbocycles. The molecule has 0 atom stereocenters. The molecule has 9 nitrogen and oxygen atoms in total. The Labute approximate surface area is 139 Å². The van der Waals surface area contributed by atoms with Crippen LogP contribution in [0.5, 0.6) is 0 Å². The first kappa shape index (κ1) is 19.4. The van der Waals surface area contributed by atoms with Gasteiger partial charge in [0.05, 0.1) is 17.1 Å². The topological polar surface area (TPSA) is 131 Å². The number of esters is 1. The van der Waals surface area contributed by atoms with E-state index in [1.54, 1.807) is 20.8 Å². The number of aliphatic hydroxyl groups excluding tert-OH is 1. The van der Waals surface area contributed by atoms with Gasteiger partial charge >= 0.3 is 5.97 Å². The number of nitro groups is 1. The number of amides is 1. The zero-order chi connectivity index (χ0) is 18.3. The lowest BCUT2D eigenvalue weighted by Gasteiger charge is -2.20. The predicted octanol–water partition coefficient (Wildman–Crippen LogP) is 1.07. The van der Waals surface area contributed by atoms with Crippen LogP contribution in [-0.2, 0) is 9.53 Å². The maximum atomic E-state index is 12.1. The summed E-state index contributed by atoms with van der Waals surface area (Å²) in [5, 5.41) is 25.1. The summed E-state index contributed by atoms with van der Waals surface area (Å²) in [7, 11) is 0. The Balaban J connectivity index is 2.88. The molecule has 0 saturated carbocycles. The molecule has 1 amide bonds. The molecule has 24 heavy (non-hydrogen) atoms. The van der Waals surface area contributed by atoms with Crippen LogP contribution in [0.15, 0.2) is 18.2 Å². The van der Waals surface area contributed by atoms with Crippen molar-refractivity contribution in [3.8, 4) is 0 Å². The molecule has 132 valence electrons. The van der Waals surface area contributed by atoms with Gasteiger partial charge in [-0.2, -0.15) is 0 Å². The van der Waals surface area contributed by atoms with Gasteiger partial charge in [0, 0.05) is 29.9 Å². The van der Waals surface area contributed by atoms with Crippen LogP contribution in [0.3, 0.4) is 0 Å². The van der Waals surface area contributed by atoms with Gasteiger partial charge in [0.25, 0.3) is 11.6 Å². The summed E-state index contributed by atoms with van der Waals surface area (Å²) in [5.41, 5.74) is -0.559. The summed E-state index contributed by atoms with van der Waals surface area (Å²) in [6, 6.07) is 3.63. The van der Waals surface area contributed by atoms with Gasteiger partial charge in [-0.15, -0.1) is 0 Å². The van der Waals surface area contributed by atoms with Gasteiger partial charge in [0.2, 0.25) is 0 Å². The summed E-state index contributed by atoms with van der Waals surface area (Å²) < 4.78 is 4.92. The van der Waals surface area contributed by atoms with Crippen LogP contribution in [0.25, 0.3) is 0 Å². The number of non-ortho nitro benzene ring substituents is 1. The number of aliphatic hydroxyl groups is 1. The van der Waals surface area contributed by atoms with Crippen molar-refractivity contribution in [1.82, 2.24) is 5.32 Å². The van der Waals surface area contributed by atoms with Gasteiger partial charge in [-0.25, -0.2) is 4.79 Å². The maximum Gasteiger partial charge on any atom is 0.341 e. The second-order valence-electron chi connectivity index (χ2n) is 6.01. The average molecular weight is 339 g/mol. The number of carbonyl (C=O) groups excluding carboxylic acids is 2. The average Bonchev–Trinajstić information content (AvgIpc) is 2.48. The van der Waals surface area contributed by atoms with Gasteiger partial charge in [-0.3, -0.25) is 14.9 Å². The summed E-state index contributed by atoms with van der Waals surface area (Å²) in [6.45, 7) is 4.82. The molecule has 1 rings (SSSR count). The molecule has 9 heteroatoms. The molecule has 0 bridgehead atoms. The highest BCUT2D eigenvalue weighted by molar-refractivity contribution is 5.97. The minimum atomic E-state index is -0.872. The number of benzene rings is 1. The maximum absolute atomic E-state index is 12.1. The van der Waals surface area contributed by atoms with E-state index in [2.05, 4.69) is 10.6 Å². The lowest BCUT2D eigenvalue weighted by atomic mass is 10.1. The highest BCUT2D eigenvalue weighted by Crippen LogP contribution is 2.23. The monoisotopic (exact) mass is 339 g/mol. The van der Waals surface area contributed by atoms with Gasteiger partial charge in [0.1, 0.15) is 0 Å². The first-order valence-corrected chi connectivity index (χ1v) is 7.25. The van der Waals surface area contributed by atoms with Crippen LogP contribution in [0.4, 0.5) is 11.4 Å². The molecular formula is C15H21N3O6. The van der Waals surface area contributed by atoms with Crippen molar-refractivity contribution in [2.75, 3.05) is 25.1 Å². The Bertz CT molecular complexity index is 624. The predicted molar refractivity (Wildman–Crippen MR) is 86.9 cm³/mol. The molecule has 0 unspecified atom stereocenters. The van der Waals surface area contributed by atoms with Crippen LogP contribution in [0, 0.1) is 10.1 Å². The van der Waals surface area contributed by atoms with Crippen molar-refractivity contribution in [2.45, 2.75) is 26.3 Å². The summed E-state index contributed by atoms with van der Waals surface area (Å²) in [5.74, 6) is -1.35. The number of nitro benzene ring substituents is 1. The molecule has 0 aliphatic rings. The number of nitrogens with zero attached hydrogens (tertiary/aromatic N) is 1. The van der Waals surface area contributed by atoms with Crippen LogP contribution in [-0.4, -0.2) is 47.2 Å². The number of hydrogen-bond acceptors (Lipinski definition) is 7. The third-order valence-electron chi connectivity index (χ3n) is 2.71. The Morgan fingerprint density at radius 1 is 1.33 bits per heavy atom. The van der Waals surface area contributed by atoms with Crippen molar-refractivity contribution < 1.29 is 24.4 Å². The highest BCUT2D eigenvalue weighted by Gasteiger charge is 2.20. The third kappa shape index (κ3) is 6.21. The van der Waals surface area contributed by atoms with Crippen molar-refractivity contribution >= 4 is 23.3 Å². The van der Waals surface area contributed by atoms with E-state index in [0.29, 0.717) is 0 Å². The normalized spacial score (nSPS) is 10.8. The summed E-state index contributed by atoms with van der Waals surface area (Å²) in [4.78, 5) is 34.0. The standard InChI is InChI=1S/C15H21N3O6/c1-15(2,3)17-13(20)9-24-14(21)11-8-10(18(22)23)4-5-12(11)16-6-7-19/h4-5,8,16,19H,6-7,9H2,1-3H3,(H,17,20). The Morgan fingerprint density at radius 3 is 2.54 bits per heavy atom. The van der Waals surface area contributed by atoms with Crippen molar-refractivity contribution in [3.05, 3.63) is 33.9 Å². The Morgan fingerprint density at radius 2 is 2.00 bits per heavy atom. The van der Waals surface area contributed by atoms with E-state index in [4.69, 9.17) is 9.84 Å². The van der Waals surface area contributed by atoms with E-state index in [9.17, 15) is 19.7 Å². The number of hydrogen-bond donors (Lipinski definition) is 3. The minimum Gasteiger partial charge on any atom is -0.452 e. The first-order chi connectivity index (χ1) is 11.1. The highest BCUT2D eigenvalue weighted by atomic mass is 16.6. The molecule has 1 aromatic rings.